The van der Waals surface area contributed by atoms with Gasteiger partial charge in [0, 0.05) is 0 Å². The van der Waals surface area contributed by atoms with Gasteiger partial charge in [-0.25, -0.2) is 4.39 Å². The molecule has 0 N–H and O–H groups in total. The molecule has 2 heteroatoms. The molecule has 76 valence electrons. The lowest BCUT2D eigenvalue weighted by molar-refractivity contribution is 0.162. The fourth-order valence-corrected chi connectivity index (χ4v) is 1.94. The molecule has 1 heterocycles. The SMILES string of the molecule is CCCC1CCc2cc(F)ccc2O1. The first kappa shape index (κ1) is 9.50. The molecule has 0 aliphatic carbocycles. The number of hydrogen-bond acceptors (Lipinski definition) is 1. The van der Waals surface area contributed by atoms with E-state index in [9.17, 15) is 4.39 Å². The predicted molar refractivity (Wildman–Crippen MR) is 54.0 cm³/mol. The molecule has 1 aromatic rings. The number of halogens is 1. The zero-order chi connectivity index (χ0) is 9.97. The van der Waals surface area contributed by atoms with Gasteiger partial charge < -0.3 is 4.74 Å². The standard InChI is InChI=1S/C12H15FO/c1-2-3-11-6-4-9-8-10(13)5-7-12(9)14-11/h5,7-8,11H,2-4,6H2,1H3. The molecule has 1 aliphatic rings. The molecular weight excluding hydrogens is 179 g/mol. The van der Waals surface area contributed by atoms with Crippen LogP contribution in [0, 0.1) is 5.82 Å². The number of benzene rings is 1. The molecule has 0 amide bonds. The lowest BCUT2D eigenvalue weighted by atomic mass is 10.00. The Morgan fingerprint density at radius 3 is 3.14 bits per heavy atom. The van der Waals surface area contributed by atoms with Gasteiger partial charge in [0.05, 0.1) is 6.10 Å². The first-order valence-electron chi connectivity index (χ1n) is 5.24. The van der Waals surface area contributed by atoms with Crippen molar-refractivity contribution < 1.29 is 9.13 Å². The van der Waals surface area contributed by atoms with Gasteiger partial charge in [-0.15, -0.1) is 0 Å². The van der Waals surface area contributed by atoms with E-state index in [-0.39, 0.29) is 5.82 Å². The Kier molecular flexibility index (Phi) is 2.71. The first-order valence-corrected chi connectivity index (χ1v) is 5.24. The van der Waals surface area contributed by atoms with Crippen molar-refractivity contribution >= 4 is 0 Å². The zero-order valence-electron chi connectivity index (χ0n) is 8.42. The second-order valence-electron chi connectivity index (χ2n) is 3.82. The number of aryl methyl sites for hydroxylation is 1. The Labute approximate surface area is 83.9 Å². The summed E-state index contributed by atoms with van der Waals surface area (Å²) in [7, 11) is 0. The third-order valence-electron chi connectivity index (χ3n) is 2.66. The molecule has 1 aliphatic heterocycles. The van der Waals surface area contributed by atoms with E-state index < -0.39 is 0 Å². The van der Waals surface area contributed by atoms with Gasteiger partial charge >= 0.3 is 0 Å². The molecule has 0 bridgehead atoms. The van der Waals surface area contributed by atoms with E-state index in [2.05, 4.69) is 6.92 Å². The summed E-state index contributed by atoms with van der Waals surface area (Å²) in [4.78, 5) is 0. The largest absolute Gasteiger partial charge is 0.490 e. The van der Waals surface area contributed by atoms with Gasteiger partial charge in [-0.2, -0.15) is 0 Å². The van der Waals surface area contributed by atoms with Crippen LogP contribution >= 0.6 is 0 Å². The van der Waals surface area contributed by atoms with E-state index in [1.54, 1.807) is 12.1 Å². The first-order chi connectivity index (χ1) is 6.79. The minimum absolute atomic E-state index is 0.165. The van der Waals surface area contributed by atoms with E-state index in [1.807, 2.05) is 0 Å². The number of rotatable bonds is 2. The molecule has 1 unspecified atom stereocenters. The van der Waals surface area contributed by atoms with E-state index >= 15 is 0 Å². The highest BCUT2D eigenvalue weighted by atomic mass is 19.1. The van der Waals surface area contributed by atoms with Gasteiger partial charge in [-0.1, -0.05) is 13.3 Å². The summed E-state index contributed by atoms with van der Waals surface area (Å²) in [6.07, 6.45) is 4.53. The van der Waals surface area contributed by atoms with Crippen molar-refractivity contribution in [1.29, 1.82) is 0 Å². The van der Waals surface area contributed by atoms with Crippen molar-refractivity contribution in [3.05, 3.63) is 29.6 Å². The van der Waals surface area contributed by atoms with Crippen LogP contribution in [0.3, 0.4) is 0 Å². The zero-order valence-corrected chi connectivity index (χ0v) is 8.42. The van der Waals surface area contributed by atoms with Crippen molar-refractivity contribution in [2.24, 2.45) is 0 Å². The van der Waals surface area contributed by atoms with E-state index in [0.29, 0.717) is 6.10 Å². The molecule has 2 rings (SSSR count). The van der Waals surface area contributed by atoms with Gasteiger partial charge in [0.2, 0.25) is 0 Å². The van der Waals surface area contributed by atoms with Crippen LogP contribution in [0.4, 0.5) is 4.39 Å². The summed E-state index contributed by atoms with van der Waals surface area (Å²) < 4.78 is 18.6. The number of fused-ring (bicyclic) bond motifs is 1. The van der Waals surface area contributed by atoms with Crippen LogP contribution in [-0.4, -0.2) is 6.10 Å². The minimum atomic E-state index is -0.165. The van der Waals surface area contributed by atoms with Crippen LogP contribution < -0.4 is 4.74 Å². The highest BCUT2D eigenvalue weighted by Gasteiger charge is 2.18. The molecule has 0 radical (unpaired) electrons. The van der Waals surface area contributed by atoms with Crippen molar-refractivity contribution in [2.75, 3.05) is 0 Å². The van der Waals surface area contributed by atoms with Crippen molar-refractivity contribution in [3.63, 3.8) is 0 Å². The van der Waals surface area contributed by atoms with Crippen LogP contribution in [0.15, 0.2) is 18.2 Å². The third-order valence-corrected chi connectivity index (χ3v) is 2.66. The fraction of sp³-hybridized carbons (Fsp3) is 0.500. The highest BCUT2D eigenvalue weighted by Crippen LogP contribution is 2.29. The fourth-order valence-electron chi connectivity index (χ4n) is 1.94. The Bertz CT molecular complexity index is 322. The van der Waals surface area contributed by atoms with Crippen LogP contribution in [0.25, 0.3) is 0 Å². The Morgan fingerprint density at radius 1 is 1.50 bits per heavy atom. The Morgan fingerprint density at radius 2 is 2.36 bits per heavy atom. The molecule has 1 atom stereocenters. The summed E-state index contributed by atoms with van der Waals surface area (Å²) >= 11 is 0. The molecule has 0 saturated heterocycles. The smallest absolute Gasteiger partial charge is 0.123 e. The Hall–Kier alpha value is -1.05. The molecule has 0 saturated carbocycles. The van der Waals surface area contributed by atoms with Crippen molar-refractivity contribution in [1.82, 2.24) is 0 Å². The van der Waals surface area contributed by atoms with E-state index in [4.69, 9.17) is 4.74 Å². The average molecular weight is 194 g/mol. The number of hydrogen-bond donors (Lipinski definition) is 0. The van der Waals surface area contributed by atoms with Gasteiger partial charge in [-0.05, 0) is 43.0 Å². The van der Waals surface area contributed by atoms with Gasteiger partial charge in [0.25, 0.3) is 0 Å². The molecule has 0 spiro atoms. The molecule has 1 nitrogen and oxygen atoms in total. The Balaban J connectivity index is 2.15. The molecular formula is C12H15FO. The minimum Gasteiger partial charge on any atom is -0.490 e. The van der Waals surface area contributed by atoms with Crippen molar-refractivity contribution in [3.8, 4) is 5.75 Å². The maximum atomic E-state index is 12.9. The maximum Gasteiger partial charge on any atom is 0.123 e. The normalized spacial score (nSPS) is 20.0. The summed E-state index contributed by atoms with van der Waals surface area (Å²) in [5.41, 5.74) is 1.01. The second-order valence-corrected chi connectivity index (χ2v) is 3.82. The van der Waals surface area contributed by atoms with Crippen molar-refractivity contribution in [2.45, 2.75) is 38.7 Å². The van der Waals surface area contributed by atoms with Crippen LogP contribution in [-0.2, 0) is 6.42 Å². The second kappa shape index (κ2) is 3.99. The number of ether oxygens (including phenoxy) is 1. The van der Waals surface area contributed by atoms with E-state index in [1.165, 1.54) is 6.07 Å². The van der Waals surface area contributed by atoms with E-state index in [0.717, 1.165) is 37.0 Å². The van der Waals surface area contributed by atoms with Crippen LogP contribution in [0.1, 0.15) is 31.7 Å². The lowest BCUT2D eigenvalue weighted by Gasteiger charge is -2.25. The molecule has 1 aromatic carbocycles. The summed E-state index contributed by atoms with van der Waals surface area (Å²) in [5, 5.41) is 0. The summed E-state index contributed by atoms with van der Waals surface area (Å²) in [6, 6.07) is 4.79. The monoisotopic (exact) mass is 194 g/mol. The highest BCUT2D eigenvalue weighted by molar-refractivity contribution is 5.35. The molecule has 14 heavy (non-hydrogen) atoms. The van der Waals surface area contributed by atoms with Crippen LogP contribution in [0.5, 0.6) is 5.75 Å². The lowest BCUT2D eigenvalue weighted by Crippen LogP contribution is -2.22. The quantitative estimate of drug-likeness (QED) is 0.701. The van der Waals surface area contributed by atoms with Gasteiger partial charge in [0.15, 0.2) is 0 Å². The average Bonchev–Trinajstić information content (AvgIpc) is 2.19. The third kappa shape index (κ3) is 1.89. The molecule has 0 fully saturated rings. The topological polar surface area (TPSA) is 9.23 Å². The predicted octanol–water partition coefficient (Wildman–Crippen LogP) is 3.32. The molecule has 0 aromatic heterocycles. The maximum absolute atomic E-state index is 12.9. The van der Waals surface area contributed by atoms with Gasteiger partial charge in [0.1, 0.15) is 11.6 Å². The van der Waals surface area contributed by atoms with Crippen LogP contribution in [0.2, 0.25) is 0 Å². The summed E-state index contributed by atoms with van der Waals surface area (Å²) in [6.45, 7) is 2.16. The summed E-state index contributed by atoms with van der Waals surface area (Å²) in [5.74, 6) is 0.706. The van der Waals surface area contributed by atoms with Gasteiger partial charge in [-0.3, -0.25) is 0 Å².